The van der Waals surface area contributed by atoms with Crippen molar-refractivity contribution in [2.45, 2.75) is 12.8 Å². The van der Waals surface area contributed by atoms with Gasteiger partial charge in [0.2, 0.25) is 0 Å². The van der Waals surface area contributed by atoms with Gasteiger partial charge in [-0.05, 0) is 11.6 Å². The van der Waals surface area contributed by atoms with E-state index >= 15 is 0 Å². The molecule has 1 aliphatic rings. The number of anilines is 1. The van der Waals surface area contributed by atoms with Crippen LogP contribution in [0.5, 0.6) is 5.75 Å². The average molecular weight is 390 g/mol. The van der Waals surface area contributed by atoms with Crippen molar-refractivity contribution in [3.63, 3.8) is 0 Å². The van der Waals surface area contributed by atoms with Crippen molar-refractivity contribution >= 4 is 5.69 Å². The van der Waals surface area contributed by atoms with E-state index in [2.05, 4.69) is 20.5 Å². The molecule has 0 radical (unpaired) electrons. The van der Waals surface area contributed by atoms with Crippen molar-refractivity contribution in [2.75, 3.05) is 12.1 Å². The Kier molecular flexibility index (Phi) is 4.90. The van der Waals surface area contributed by atoms with Gasteiger partial charge in [0.25, 0.3) is 0 Å². The minimum absolute atomic E-state index is 0.0858. The third-order valence-electron chi connectivity index (χ3n) is 4.81. The summed E-state index contributed by atoms with van der Waals surface area (Å²) in [6, 6.07) is 7.97. The Morgan fingerprint density at radius 1 is 1.17 bits per heavy atom. The summed E-state index contributed by atoms with van der Waals surface area (Å²) in [7, 11) is 3.45. The Hall–Kier alpha value is -3.81. The Bertz CT molecular complexity index is 1070. The van der Waals surface area contributed by atoms with Gasteiger partial charge in [-0.15, -0.1) is 0 Å². The normalized spacial score (nSPS) is 14.7. The second-order valence-electron chi connectivity index (χ2n) is 6.76. The predicted octanol–water partition coefficient (Wildman–Crippen LogP) is 3.30. The van der Waals surface area contributed by atoms with Gasteiger partial charge < -0.3 is 9.84 Å². The highest BCUT2D eigenvalue weighted by molar-refractivity contribution is 5.57. The van der Waals surface area contributed by atoms with Crippen LogP contribution in [0.4, 0.5) is 5.69 Å². The Balaban J connectivity index is 1.60. The van der Waals surface area contributed by atoms with E-state index in [9.17, 15) is 5.11 Å². The summed E-state index contributed by atoms with van der Waals surface area (Å²) in [5, 5.41) is 16.5. The summed E-state index contributed by atoms with van der Waals surface area (Å²) in [5.74, 6) is 1.34. The van der Waals surface area contributed by atoms with Gasteiger partial charge in [-0.1, -0.05) is 25.1 Å². The second-order valence-corrected chi connectivity index (χ2v) is 6.76. The van der Waals surface area contributed by atoms with Gasteiger partial charge >= 0.3 is 0 Å². The lowest BCUT2D eigenvalue weighted by Crippen LogP contribution is -2.37. The first-order valence-corrected chi connectivity index (χ1v) is 9.17. The first-order valence-electron chi connectivity index (χ1n) is 9.17. The number of benzene rings is 1. The second kappa shape index (κ2) is 7.67. The van der Waals surface area contributed by atoms with Crippen LogP contribution in [0.1, 0.15) is 18.4 Å². The van der Waals surface area contributed by atoms with Crippen LogP contribution in [0.25, 0.3) is 11.4 Å². The molecule has 1 atom stereocenters. The summed E-state index contributed by atoms with van der Waals surface area (Å²) in [5.41, 5.74) is 6.78. The molecule has 0 bridgehead atoms. The van der Waals surface area contributed by atoms with Crippen LogP contribution in [-0.2, 0) is 7.05 Å². The predicted molar refractivity (Wildman–Crippen MR) is 110 cm³/mol. The molecule has 1 unspecified atom stereocenters. The molecule has 1 aliphatic heterocycles. The van der Waals surface area contributed by atoms with Gasteiger partial charge in [-0.3, -0.25) is 15.1 Å². The fourth-order valence-corrected chi connectivity index (χ4v) is 3.15. The minimum Gasteiger partial charge on any atom is -0.506 e. The van der Waals surface area contributed by atoms with Crippen molar-refractivity contribution < 1.29 is 9.84 Å². The zero-order valence-corrected chi connectivity index (χ0v) is 16.4. The zero-order valence-electron chi connectivity index (χ0n) is 16.4. The lowest BCUT2D eigenvalue weighted by molar-refractivity contribution is 0.407. The van der Waals surface area contributed by atoms with Crippen LogP contribution in [0, 0.1) is 0 Å². The van der Waals surface area contributed by atoms with Gasteiger partial charge in [-0.25, -0.2) is 9.97 Å². The molecule has 8 nitrogen and oxygen atoms in total. The zero-order chi connectivity index (χ0) is 20.4. The van der Waals surface area contributed by atoms with E-state index in [-0.39, 0.29) is 11.7 Å². The molecule has 148 valence electrons. The van der Waals surface area contributed by atoms with Crippen molar-refractivity contribution in [2.24, 2.45) is 7.05 Å². The molecule has 0 spiro atoms. The van der Waals surface area contributed by atoms with E-state index in [1.54, 1.807) is 42.7 Å². The van der Waals surface area contributed by atoms with Crippen LogP contribution >= 0.6 is 0 Å². The molecule has 0 saturated heterocycles. The highest BCUT2D eigenvalue weighted by atomic mass is 16.5. The molecule has 1 aromatic carbocycles. The maximum Gasteiger partial charge on any atom is 0.159 e. The number of rotatable bonds is 5. The number of methoxy groups -OCH3 is 1. The Morgan fingerprint density at radius 3 is 2.66 bits per heavy atom. The molecule has 0 amide bonds. The number of hydrazine groups is 1. The molecule has 8 heteroatoms. The number of hydrogen-bond acceptors (Lipinski definition) is 7. The molecular weight excluding hydrogens is 368 g/mol. The third kappa shape index (κ3) is 3.77. The van der Waals surface area contributed by atoms with Crippen LogP contribution < -0.4 is 15.2 Å². The summed E-state index contributed by atoms with van der Waals surface area (Å²) in [4.78, 5) is 8.72. The summed E-state index contributed by atoms with van der Waals surface area (Å²) < 4.78 is 6.85. The first kappa shape index (κ1) is 18.5. The average Bonchev–Trinajstić information content (AvgIpc) is 3.20. The monoisotopic (exact) mass is 390 g/mol. The standard InChI is InChI=1S/C21H22N6O2/c1-14(20-19(28)7-8-27(25-20)17-10-24-26(2)13-17)15-5-4-6-16(9-15)21-22-11-18(29-3)12-23-21/h4-14,25,28H,1-3H3. The lowest BCUT2D eigenvalue weighted by Gasteiger charge is -2.29. The van der Waals surface area contributed by atoms with Crippen LogP contribution in [0.3, 0.4) is 0 Å². The number of aryl methyl sites for hydroxylation is 1. The van der Waals surface area contributed by atoms with E-state index in [4.69, 9.17) is 4.74 Å². The number of aliphatic hydroxyl groups is 1. The van der Waals surface area contributed by atoms with Gasteiger partial charge in [0.05, 0.1) is 37.6 Å². The number of hydrogen-bond donors (Lipinski definition) is 2. The van der Waals surface area contributed by atoms with Gasteiger partial charge in [0, 0.05) is 30.8 Å². The van der Waals surface area contributed by atoms with E-state index < -0.39 is 0 Å². The summed E-state index contributed by atoms with van der Waals surface area (Å²) in [6.07, 6.45) is 10.4. The quantitative estimate of drug-likeness (QED) is 0.691. The molecule has 0 saturated carbocycles. The fraction of sp³-hybridized carbons (Fsp3) is 0.190. The lowest BCUT2D eigenvalue weighted by atomic mass is 9.94. The van der Waals surface area contributed by atoms with E-state index in [0.717, 1.165) is 16.8 Å². The fourth-order valence-electron chi connectivity index (χ4n) is 3.15. The highest BCUT2D eigenvalue weighted by Crippen LogP contribution is 2.30. The molecular formula is C21H22N6O2. The molecule has 4 rings (SSSR count). The topological polar surface area (TPSA) is 88.3 Å². The minimum atomic E-state index is -0.0858. The Labute approximate surface area is 168 Å². The molecule has 29 heavy (non-hydrogen) atoms. The third-order valence-corrected chi connectivity index (χ3v) is 4.81. The summed E-state index contributed by atoms with van der Waals surface area (Å²) in [6.45, 7) is 2.03. The molecule has 0 fully saturated rings. The van der Waals surface area contributed by atoms with Gasteiger partial charge in [0.1, 0.15) is 11.4 Å². The number of nitrogens with zero attached hydrogens (tertiary/aromatic N) is 5. The van der Waals surface area contributed by atoms with E-state index in [1.807, 2.05) is 49.4 Å². The molecule has 3 heterocycles. The molecule has 3 aromatic rings. The van der Waals surface area contributed by atoms with Gasteiger partial charge in [-0.2, -0.15) is 5.10 Å². The van der Waals surface area contributed by atoms with Crippen LogP contribution in [0.2, 0.25) is 0 Å². The van der Waals surface area contributed by atoms with Gasteiger partial charge in [0.15, 0.2) is 11.6 Å². The SMILES string of the molecule is COc1cnc(-c2cccc(C(C)C3=C(O)C=CN(c4cnn(C)c4)N3)c2)nc1. The first-order chi connectivity index (χ1) is 14.0. The van der Waals surface area contributed by atoms with E-state index in [0.29, 0.717) is 17.3 Å². The van der Waals surface area contributed by atoms with Crippen molar-refractivity contribution in [1.82, 2.24) is 25.2 Å². The highest BCUT2D eigenvalue weighted by Gasteiger charge is 2.22. The molecule has 2 N–H and O–H groups in total. The number of aromatic nitrogens is 4. The van der Waals surface area contributed by atoms with Crippen molar-refractivity contribution in [3.8, 4) is 17.1 Å². The summed E-state index contributed by atoms with van der Waals surface area (Å²) >= 11 is 0. The maximum atomic E-state index is 10.5. The smallest absolute Gasteiger partial charge is 0.159 e. The van der Waals surface area contributed by atoms with Crippen LogP contribution in [-0.4, -0.2) is 32.0 Å². The molecule has 0 aliphatic carbocycles. The largest absolute Gasteiger partial charge is 0.506 e. The number of aliphatic hydroxyl groups excluding tert-OH is 1. The Morgan fingerprint density at radius 2 is 1.97 bits per heavy atom. The van der Waals surface area contributed by atoms with E-state index in [1.165, 1.54) is 0 Å². The van der Waals surface area contributed by atoms with Crippen molar-refractivity contribution in [1.29, 1.82) is 0 Å². The number of nitrogens with one attached hydrogen (secondary N) is 1. The molecule has 2 aromatic heterocycles. The van der Waals surface area contributed by atoms with Crippen molar-refractivity contribution in [3.05, 3.63) is 78.3 Å². The maximum absolute atomic E-state index is 10.5. The number of ether oxygens (including phenoxy) is 1. The van der Waals surface area contributed by atoms with Crippen LogP contribution in [0.15, 0.2) is 72.8 Å². The number of allylic oxidation sites excluding steroid dienone is 2.